The molecule has 0 aliphatic carbocycles. The quantitative estimate of drug-likeness (QED) is 0.739. The molecule has 2 aromatic rings. The molecule has 4 heteroatoms. The minimum absolute atomic E-state index is 0.275. The van der Waals surface area contributed by atoms with Crippen molar-refractivity contribution in [2.45, 2.75) is 32.9 Å². The average molecular weight is 217 g/mol. The molecule has 1 heterocycles. The van der Waals surface area contributed by atoms with E-state index in [2.05, 4.69) is 24.1 Å². The standard InChI is InChI=1S/C12H15N3O/c1-8(2)15-11-7-5-4-6-10(11)12(13-15)9(3)14-16/h4-9H,1-3H3. The second kappa shape index (κ2) is 4.04. The topological polar surface area (TPSA) is 47.2 Å². The Morgan fingerprint density at radius 1 is 1.25 bits per heavy atom. The number of benzene rings is 1. The number of fused-ring (bicyclic) bond motifs is 1. The summed E-state index contributed by atoms with van der Waals surface area (Å²) in [6, 6.07) is 7.81. The largest absolute Gasteiger partial charge is 0.262 e. The van der Waals surface area contributed by atoms with Gasteiger partial charge in [0, 0.05) is 11.4 Å². The number of nitrogens with zero attached hydrogens (tertiary/aromatic N) is 3. The minimum atomic E-state index is -0.398. The first-order chi connectivity index (χ1) is 7.65. The number of nitroso groups, excluding NO2 is 1. The van der Waals surface area contributed by atoms with E-state index in [9.17, 15) is 4.91 Å². The van der Waals surface area contributed by atoms with Gasteiger partial charge in [0.05, 0.1) is 11.2 Å². The van der Waals surface area contributed by atoms with Crippen LogP contribution in [0.2, 0.25) is 0 Å². The van der Waals surface area contributed by atoms with Gasteiger partial charge >= 0.3 is 0 Å². The maximum absolute atomic E-state index is 10.6. The Morgan fingerprint density at radius 2 is 1.94 bits per heavy atom. The van der Waals surface area contributed by atoms with Crippen LogP contribution in [0.4, 0.5) is 0 Å². The third-order valence-electron chi connectivity index (χ3n) is 2.69. The molecule has 1 unspecified atom stereocenters. The lowest BCUT2D eigenvalue weighted by Crippen LogP contribution is -2.03. The van der Waals surface area contributed by atoms with Crippen LogP contribution in [0.5, 0.6) is 0 Å². The van der Waals surface area contributed by atoms with E-state index in [1.165, 1.54) is 0 Å². The summed E-state index contributed by atoms with van der Waals surface area (Å²) >= 11 is 0. The van der Waals surface area contributed by atoms with Gasteiger partial charge < -0.3 is 0 Å². The first-order valence-electron chi connectivity index (χ1n) is 5.44. The van der Waals surface area contributed by atoms with E-state index < -0.39 is 6.04 Å². The minimum Gasteiger partial charge on any atom is -0.262 e. The summed E-state index contributed by atoms with van der Waals surface area (Å²) in [5, 5.41) is 8.56. The molecule has 1 atom stereocenters. The summed E-state index contributed by atoms with van der Waals surface area (Å²) in [6.45, 7) is 5.91. The van der Waals surface area contributed by atoms with Crippen molar-refractivity contribution in [3.8, 4) is 0 Å². The molecule has 0 amide bonds. The van der Waals surface area contributed by atoms with Gasteiger partial charge in [-0.05, 0) is 26.8 Å². The zero-order chi connectivity index (χ0) is 11.7. The zero-order valence-electron chi connectivity index (χ0n) is 9.71. The van der Waals surface area contributed by atoms with E-state index >= 15 is 0 Å². The van der Waals surface area contributed by atoms with Crippen molar-refractivity contribution in [1.82, 2.24) is 9.78 Å². The van der Waals surface area contributed by atoms with Crippen molar-refractivity contribution in [3.05, 3.63) is 34.9 Å². The third-order valence-corrected chi connectivity index (χ3v) is 2.69. The van der Waals surface area contributed by atoms with E-state index in [0.717, 1.165) is 16.6 Å². The average Bonchev–Trinajstić information content (AvgIpc) is 2.67. The van der Waals surface area contributed by atoms with Gasteiger partial charge in [-0.2, -0.15) is 10.0 Å². The van der Waals surface area contributed by atoms with Crippen LogP contribution in [0.15, 0.2) is 29.4 Å². The fraction of sp³-hybridized carbons (Fsp3) is 0.417. The van der Waals surface area contributed by atoms with Crippen LogP contribution >= 0.6 is 0 Å². The molecule has 0 saturated heterocycles. The van der Waals surface area contributed by atoms with Crippen LogP contribution in [0.3, 0.4) is 0 Å². The lowest BCUT2D eigenvalue weighted by Gasteiger charge is -2.06. The van der Waals surface area contributed by atoms with Gasteiger partial charge in [-0.15, -0.1) is 0 Å². The summed E-state index contributed by atoms with van der Waals surface area (Å²) in [6.07, 6.45) is 0. The summed E-state index contributed by atoms with van der Waals surface area (Å²) in [5.41, 5.74) is 1.82. The first-order valence-corrected chi connectivity index (χ1v) is 5.44. The maximum atomic E-state index is 10.6. The second-order valence-electron chi connectivity index (χ2n) is 4.22. The van der Waals surface area contributed by atoms with Crippen LogP contribution < -0.4 is 0 Å². The molecule has 0 fully saturated rings. The Hall–Kier alpha value is -1.71. The van der Waals surface area contributed by atoms with E-state index in [1.54, 1.807) is 6.92 Å². The van der Waals surface area contributed by atoms with Crippen LogP contribution in [-0.2, 0) is 0 Å². The highest BCUT2D eigenvalue weighted by Gasteiger charge is 2.17. The SMILES string of the molecule is CC(N=O)c1nn(C(C)C)c2ccccc12. The Bertz CT molecular complexity index is 516. The van der Waals surface area contributed by atoms with Gasteiger partial charge in [-0.3, -0.25) is 4.68 Å². The van der Waals surface area contributed by atoms with Crippen molar-refractivity contribution >= 4 is 10.9 Å². The van der Waals surface area contributed by atoms with Crippen LogP contribution in [-0.4, -0.2) is 9.78 Å². The van der Waals surface area contributed by atoms with Gasteiger partial charge in [0.25, 0.3) is 0 Å². The molecule has 16 heavy (non-hydrogen) atoms. The molecule has 84 valence electrons. The third kappa shape index (κ3) is 1.60. The van der Waals surface area contributed by atoms with Crippen molar-refractivity contribution in [3.63, 3.8) is 0 Å². The molecular weight excluding hydrogens is 202 g/mol. The van der Waals surface area contributed by atoms with E-state index in [4.69, 9.17) is 0 Å². The molecular formula is C12H15N3O. The van der Waals surface area contributed by atoms with Crippen LogP contribution in [0.1, 0.15) is 38.5 Å². The lowest BCUT2D eigenvalue weighted by molar-refractivity contribution is 0.537. The number of rotatable bonds is 3. The summed E-state index contributed by atoms with van der Waals surface area (Å²) < 4.78 is 1.94. The summed E-state index contributed by atoms with van der Waals surface area (Å²) in [5.74, 6) is 0. The summed E-state index contributed by atoms with van der Waals surface area (Å²) in [7, 11) is 0. The van der Waals surface area contributed by atoms with Crippen molar-refractivity contribution in [1.29, 1.82) is 0 Å². The van der Waals surface area contributed by atoms with E-state index in [0.29, 0.717) is 0 Å². The smallest absolute Gasteiger partial charge is 0.133 e. The molecule has 0 aliphatic rings. The molecule has 0 saturated carbocycles. The molecule has 0 bridgehead atoms. The predicted octanol–water partition coefficient (Wildman–Crippen LogP) is 3.44. The lowest BCUT2D eigenvalue weighted by atomic mass is 10.1. The van der Waals surface area contributed by atoms with E-state index in [1.807, 2.05) is 28.9 Å². The predicted molar refractivity (Wildman–Crippen MR) is 64.3 cm³/mol. The first kappa shape index (κ1) is 10.8. The molecule has 0 aliphatic heterocycles. The van der Waals surface area contributed by atoms with Gasteiger partial charge in [0.1, 0.15) is 6.04 Å². The highest BCUT2D eigenvalue weighted by atomic mass is 16.3. The molecule has 4 nitrogen and oxygen atoms in total. The molecule has 2 rings (SSSR count). The Morgan fingerprint density at radius 3 is 2.56 bits per heavy atom. The number of para-hydroxylation sites is 1. The Kier molecular flexibility index (Phi) is 2.73. The highest BCUT2D eigenvalue weighted by Crippen LogP contribution is 2.27. The Balaban J connectivity index is 2.71. The summed E-state index contributed by atoms with van der Waals surface area (Å²) in [4.78, 5) is 10.6. The number of hydrogen-bond acceptors (Lipinski definition) is 3. The fourth-order valence-corrected chi connectivity index (χ4v) is 1.87. The van der Waals surface area contributed by atoms with Gasteiger partial charge in [0.15, 0.2) is 0 Å². The molecule has 1 aromatic heterocycles. The van der Waals surface area contributed by atoms with E-state index in [-0.39, 0.29) is 6.04 Å². The maximum Gasteiger partial charge on any atom is 0.133 e. The number of hydrogen-bond donors (Lipinski definition) is 0. The monoisotopic (exact) mass is 217 g/mol. The normalized spacial score (nSPS) is 13.2. The van der Waals surface area contributed by atoms with Crippen molar-refractivity contribution < 1.29 is 0 Å². The van der Waals surface area contributed by atoms with Crippen molar-refractivity contribution in [2.24, 2.45) is 5.18 Å². The molecule has 0 radical (unpaired) electrons. The molecule has 1 aromatic carbocycles. The Labute approximate surface area is 94.2 Å². The van der Waals surface area contributed by atoms with Gasteiger partial charge in [0.2, 0.25) is 0 Å². The van der Waals surface area contributed by atoms with Crippen molar-refractivity contribution in [2.75, 3.05) is 0 Å². The fourth-order valence-electron chi connectivity index (χ4n) is 1.87. The van der Waals surface area contributed by atoms with Crippen LogP contribution in [0, 0.1) is 4.91 Å². The zero-order valence-corrected chi connectivity index (χ0v) is 9.71. The van der Waals surface area contributed by atoms with Gasteiger partial charge in [-0.25, -0.2) is 0 Å². The van der Waals surface area contributed by atoms with Crippen LogP contribution in [0.25, 0.3) is 10.9 Å². The van der Waals surface area contributed by atoms with Gasteiger partial charge in [-0.1, -0.05) is 23.4 Å². The second-order valence-corrected chi connectivity index (χ2v) is 4.22. The molecule has 0 spiro atoms. The number of aromatic nitrogens is 2. The highest BCUT2D eigenvalue weighted by molar-refractivity contribution is 5.82. The molecule has 0 N–H and O–H groups in total.